The molecule has 0 spiro atoms. The summed E-state index contributed by atoms with van der Waals surface area (Å²) in [6, 6.07) is 11.0. The molecule has 2 aromatic rings. The van der Waals surface area contributed by atoms with Gasteiger partial charge in [-0.2, -0.15) is 0 Å². The van der Waals surface area contributed by atoms with Crippen LogP contribution in [0.3, 0.4) is 0 Å². The number of hydrogen-bond acceptors (Lipinski definition) is 5. The zero-order chi connectivity index (χ0) is 19.8. The summed E-state index contributed by atoms with van der Waals surface area (Å²) in [6.07, 6.45) is 0.594. The Morgan fingerprint density at radius 1 is 0.926 bits per heavy atom. The lowest BCUT2D eigenvalue weighted by Gasteiger charge is -2.15. The zero-order valence-electron chi connectivity index (χ0n) is 16.5. The molecule has 0 bridgehead atoms. The number of rotatable bonds is 8. The molecule has 0 aliphatic rings. The topological polar surface area (TPSA) is 72.1 Å². The Balaban J connectivity index is 1.92. The number of ether oxygens (including phenoxy) is 3. The van der Waals surface area contributed by atoms with Gasteiger partial charge in [0.15, 0.2) is 11.5 Å². The van der Waals surface area contributed by atoms with Crippen LogP contribution in [0.5, 0.6) is 17.2 Å². The molecule has 2 rings (SSSR count). The van der Waals surface area contributed by atoms with Crippen LogP contribution in [0.1, 0.15) is 5.56 Å². The molecule has 2 amide bonds. The first kappa shape index (κ1) is 20.2. The molecule has 0 aromatic heterocycles. The summed E-state index contributed by atoms with van der Waals surface area (Å²) < 4.78 is 16.0. The lowest BCUT2D eigenvalue weighted by molar-refractivity contribution is 0.252. The highest BCUT2D eigenvalue weighted by molar-refractivity contribution is 5.89. The molecule has 27 heavy (non-hydrogen) atoms. The summed E-state index contributed by atoms with van der Waals surface area (Å²) in [7, 11) is 8.70. The van der Waals surface area contributed by atoms with Crippen LogP contribution in [0.4, 0.5) is 16.2 Å². The summed E-state index contributed by atoms with van der Waals surface area (Å²) in [4.78, 5) is 14.1. The maximum atomic E-state index is 12.1. The molecule has 0 saturated carbocycles. The van der Waals surface area contributed by atoms with Crippen molar-refractivity contribution < 1.29 is 19.0 Å². The van der Waals surface area contributed by atoms with Gasteiger partial charge in [-0.1, -0.05) is 0 Å². The Hall–Kier alpha value is -3.09. The molecule has 7 heteroatoms. The van der Waals surface area contributed by atoms with E-state index in [1.165, 1.54) is 0 Å². The van der Waals surface area contributed by atoms with E-state index in [1.807, 2.05) is 49.3 Å². The first-order valence-electron chi connectivity index (χ1n) is 8.59. The highest BCUT2D eigenvalue weighted by Crippen LogP contribution is 2.34. The molecular formula is C20H27N3O4. The normalized spacial score (nSPS) is 10.1. The van der Waals surface area contributed by atoms with Crippen molar-refractivity contribution >= 4 is 17.4 Å². The van der Waals surface area contributed by atoms with Crippen LogP contribution in [0.2, 0.25) is 0 Å². The molecule has 0 heterocycles. The Labute approximate surface area is 160 Å². The predicted octanol–water partition coefficient (Wildman–Crippen LogP) is 3.14. The Kier molecular flexibility index (Phi) is 7.16. The molecule has 0 aliphatic carbocycles. The van der Waals surface area contributed by atoms with Gasteiger partial charge in [0, 0.05) is 38.1 Å². The van der Waals surface area contributed by atoms with Crippen molar-refractivity contribution in [3.63, 3.8) is 0 Å². The van der Waals surface area contributed by atoms with E-state index in [0.717, 1.165) is 16.9 Å². The van der Waals surface area contributed by atoms with Crippen molar-refractivity contribution in [2.75, 3.05) is 52.2 Å². The van der Waals surface area contributed by atoms with Gasteiger partial charge < -0.3 is 29.7 Å². The van der Waals surface area contributed by atoms with Gasteiger partial charge in [-0.15, -0.1) is 0 Å². The van der Waals surface area contributed by atoms with Crippen molar-refractivity contribution in [3.05, 3.63) is 42.0 Å². The Morgan fingerprint density at radius 3 is 2.07 bits per heavy atom. The molecule has 2 aromatic carbocycles. The fourth-order valence-electron chi connectivity index (χ4n) is 2.62. The molecule has 146 valence electrons. The van der Waals surface area contributed by atoms with Crippen LogP contribution >= 0.6 is 0 Å². The molecule has 0 atom stereocenters. The minimum absolute atomic E-state index is 0.257. The van der Waals surface area contributed by atoms with Gasteiger partial charge in [-0.3, -0.25) is 0 Å². The van der Waals surface area contributed by atoms with E-state index in [0.29, 0.717) is 30.2 Å². The first-order chi connectivity index (χ1) is 13.0. The second-order valence-electron chi connectivity index (χ2n) is 6.09. The number of carbonyl (C=O) groups is 1. The van der Waals surface area contributed by atoms with Gasteiger partial charge in [-0.25, -0.2) is 4.79 Å². The Morgan fingerprint density at radius 2 is 1.52 bits per heavy atom. The summed E-state index contributed by atoms with van der Waals surface area (Å²) in [5.41, 5.74) is 2.73. The predicted molar refractivity (Wildman–Crippen MR) is 108 cm³/mol. The summed E-state index contributed by atoms with van der Waals surface area (Å²) in [5, 5.41) is 5.67. The van der Waals surface area contributed by atoms with Crippen LogP contribution in [0.15, 0.2) is 36.4 Å². The molecule has 7 nitrogen and oxygen atoms in total. The molecular weight excluding hydrogens is 346 g/mol. The van der Waals surface area contributed by atoms with E-state index in [-0.39, 0.29) is 6.03 Å². The third kappa shape index (κ3) is 5.44. The first-order valence-corrected chi connectivity index (χ1v) is 8.59. The maximum absolute atomic E-state index is 12.1. The fourth-order valence-corrected chi connectivity index (χ4v) is 2.62. The lowest BCUT2D eigenvalue weighted by Crippen LogP contribution is -2.30. The van der Waals surface area contributed by atoms with Crippen LogP contribution in [-0.4, -0.2) is 48.0 Å². The smallest absolute Gasteiger partial charge is 0.319 e. The van der Waals surface area contributed by atoms with Crippen molar-refractivity contribution in [1.82, 2.24) is 5.32 Å². The van der Waals surface area contributed by atoms with Crippen molar-refractivity contribution in [2.24, 2.45) is 0 Å². The molecule has 0 aliphatic heterocycles. The van der Waals surface area contributed by atoms with Crippen LogP contribution in [0, 0.1) is 0 Å². The van der Waals surface area contributed by atoms with E-state index in [1.54, 1.807) is 27.4 Å². The summed E-state index contributed by atoms with van der Waals surface area (Å²) in [5.74, 6) is 1.91. The maximum Gasteiger partial charge on any atom is 0.319 e. The van der Waals surface area contributed by atoms with Crippen molar-refractivity contribution in [2.45, 2.75) is 6.42 Å². The monoisotopic (exact) mass is 373 g/mol. The average molecular weight is 373 g/mol. The molecule has 0 unspecified atom stereocenters. The zero-order valence-corrected chi connectivity index (χ0v) is 16.5. The summed E-state index contributed by atoms with van der Waals surface area (Å²) in [6.45, 7) is 0.452. The van der Waals surface area contributed by atoms with Crippen LogP contribution in [0.25, 0.3) is 0 Å². The number of methoxy groups -OCH3 is 3. The number of hydrogen-bond donors (Lipinski definition) is 2. The second kappa shape index (κ2) is 9.56. The average Bonchev–Trinajstić information content (AvgIpc) is 2.67. The highest BCUT2D eigenvalue weighted by atomic mass is 16.5. The number of anilines is 2. The van der Waals surface area contributed by atoms with Gasteiger partial charge in [-0.05, 0) is 42.3 Å². The van der Waals surface area contributed by atoms with Gasteiger partial charge in [0.2, 0.25) is 0 Å². The van der Waals surface area contributed by atoms with Gasteiger partial charge >= 0.3 is 6.03 Å². The SMILES string of the molecule is COc1cc(OC)c(OC)cc1CCNC(=O)Nc1ccc(N(C)C)cc1. The summed E-state index contributed by atoms with van der Waals surface area (Å²) >= 11 is 0. The minimum Gasteiger partial charge on any atom is -0.496 e. The minimum atomic E-state index is -0.257. The quantitative estimate of drug-likeness (QED) is 0.744. The van der Waals surface area contributed by atoms with E-state index < -0.39 is 0 Å². The van der Waals surface area contributed by atoms with E-state index >= 15 is 0 Å². The largest absolute Gasteiger partial charge is 0.496 e. The number of amides is 2. The lowest BCUT2D eigenvalue weighted by atomic mass is 10.1. The third-order valence-corrected chi connectivity index (χ3v) is 4.11. The molecule has 0 saturated heterocycles. The number of nitrogens with zero attached hydrogens (tertiary/aromatic N) is 1. The second-order valence-corrected chi connectivity index (χ2v) is 6.09. The Bertz CT molecular complexity index is 761. The van der Waals surface area contributed by atoms with E-state index in [2.05, 4.69) is 10.6 Å². The number of carbonyl (C=O) groups excluding carboxylic acids is 1. The van der Waals surface area contributed by atoms with Crippen molar-refractivity contribution in [3.8, 4) is 17.2 Å². The highest BCUT2D eigenvalue weighted by Gasteiger charge is 2.12. The molecule has 2 N–H and O–H groups in total. The number of urea groups is 1. The van der Waals surface area contributed by atoms with E-state index in [4.69, 9.17) is 14.2 Å². The molecule has 0 fully saturated rings. The van der Waals surface area contributed by atoms with Gasteiger partial charge in [0.25, 0.3) is 0 Å². The van der Waals surface area contributed by atoms with Crippen molar-refractivity contribution in [1.29, 1.82) is 0 Å². The standard InChI is InChI=1S/C20H27N3O4/c1-23(2)16-8-6-15(7-9-16)22-20(24)21-11-10-14-12-18(26-4)19(27-5)13-17(14)25-3/h6-9,12-13H,10-11H2,1-5H3,(H2,21,22,24). The fraction of sp³-hybridized carbons (Fsp3) is 0.350. The van der Waals surface area contributed by atoms with Gasteiger partial charge in [0.05, 0.1) is 21.3 Å². The molecule has 0 radical (unpaired) electrons. The third-order valence-electron chi connectivity index (χ3n) is 4.11. The van der Waals surface area contributed by atoms with Crippen LogP contribution in [-0.2, 0) is 6.42 Å². The van der Waals surface area contributed by atoms with Crippen LogP contribution < -0.4 is 29.7 Å². The van der Waals surface area contributed by atoms with E-state index in [9.17, 15) is 4.79 Å². The van der Waals surface area contributed by atoms with Gasteiger partial charge in [0.1, 0.15) is 5.75 Å². The number of benzene rings is 2. The number of nitrogens with one attached hydrogen (secondary N) is 2.